The molecular weight excluding hydrogens is 310 g/mol. The monoisotopic (exact) mass is 328 g/mol. The maximum absolute atomic E-state index is 12.6. The molecule has 0 fully saturated rings. The second-order valence-corrected chi connectivity index (χ2v) is 5.82. The fourth-order valence-electron chi connectivity index (χ4n) is 2.08. The topological polar surface area (TPSA) is 44.1 Å². The summed E-state index contributed by atoms with van der Waals surface area (Å²) in [6.45, 7) is 1.67. The van der Waals surface area contributed by atoms with Gasteiger partial charge in [0.2, 0.25) is 0 Å². The molecule has 0 saturated heterocycles. The largest absolute Gasteiger partial charge is 0.435 e. The molecule has 2 rings (SSSR count). The number of alkyl halides is 2. The second kappa shape index (κ2) is 7.58. The molecular formula is C15H18F2N2O2S. The molecule has 0 aliphatic carbocycles. The van der Waals surface area contributed by atoms with Crippen LogP contribution in [-0.2, 0) is 6.54 Å². The third kappa shape index (κ3) is 3.76. The van der Waals surface area contributed by atoms with Gasteiger partial charge in [-0.05, 0) is 31.0 Å². The number of hydrogen-bond donors (Lipinski definition) is 0. The van der Waals surface area contributed by atoms with Crippen LogP contribution in [0.3, 0.4) is 0 Å². The van der Waals surface area contributed by atoms with E-state index in [0.717, 1.165) is 18.6 Å². The van der Waals surface area contributed by atoms with E-state index in [9.17, 15) is 13.6 Å². The van der Waals surface area contributed by atoms with Crippen molar-refractivity contribution >= 4 is 22.7 Å². The molecule has 22 heavy (non-hydrogen) atoms. The van der Waals surface area contributed by atoms with Crippen LogP contribution in [0.2, 0.25) is 0 Å². The minimum absolute atomic E-state index is 0.0293. The van der Waals surface area contributed by atoms with Crippen LogP contribution in [0, 0.1) is 0 Å². The van der Waals surface area contributed by atoms with Crippen LogP contribution < -0.4 is 10.3 Å². The zero-order chi connectivity index (χ0) is 16.1. The third-order valence-corrected chi connectivity index (χ3v) is 4.18. The zero-order valence-corrected chi connectivity index (χ0v) is 13.3. The van der Waals surface area contributed by atoms with Crippen molar-refractivity contribution in [2.45, 2.75) is 45.0 Å². The Morgan fingerprint density at radius 2 is 2.09 bits per heavy atom. The van der Waals surface area contributed by atoms with Gasteiger partial charge in [0.1, 0.15) is 5.75 Å². The summed E-state index contributed by atoms with van der Waals surface area (Å²) in [7, 11) is 0. The lowest BCUT2D eigenvalue weighted by molar-refractivity contribution is -0.0497. The molecule has 1 aromatic carbocycles. The van der Waals surface area contributed by atoms with Crippen molar-refractivity contribution in [1.29, 1.82) is 0 Å². The van der Waals surface area contributed by atoms with E-state index in [4.69, 9.17) is 0 Å². The first-order valence-corrected chi connectivity index (χ1v) is 8.17. The average Bonchev–Trinajstić information content (AvgIpc) is 2.48. The standard InChI is InChI=1S/C15H18F2N2O2S/c1-3-7-19-13(20)11-9-10(21-14(16)17)5-6-12(11)18-15(19)22-8-4-2/h5-6,9,14H,3-4,7-8H2,1-2H3. The van der Waals surface area contributed by atoms with E-state index < -0.39 is 6.61 Å². The van der Waals surface area contributed by atoms with E-state index in [1.165, 1.54) is 23.9 Å². The van der Waals surface area contributed by atoms with Crippen LogP contribution in [0.5, 0.6) is 5.75 Å². The summed E-state index contributed by atoms with van der Waals surface area (Å²) in [6, 6.07) is 4.28. The van der Waals surface area contributed by atoms with Crippen molar-refractivity contribution in [3.63, 3.8) is 0 Å². The van der Waals surface area contributed by atoms with Crippen molar-refractivity contribution in [3.05, 3.63) is 28.6 Å². The quantitative estimate of drug-likeness (QED) is 0.571. The van der Waals surface area contributed by atoms with Gasteiger partial charge in [-0.25, -0.2) is 4.98 Å². The molecule has 0 bridgehead atoms. The summed E-state index contributed by atoms with van der Waals surface area (Å²) in [5.74, 6) is 0.840. The Labute approximate surface area is 131 Å². The Bertz CT molecular complexity index is 704. The van der Waals surface area contributed by atoms with E-state index in [1.807, 2.05) is 6.92 Å². The highest BCUT2D eigenvalue weighted by Gasteiger charge is 2.13. The third-order valence-electron chi connectivity index (χ3n) is 3.00. The molecule has 0 amide bonds. The molecule has 0 atom stereocenters. The molecule has 0 radical (unpaired) electrons. The van der Waals surface area contributed by atoms with Gasteiger partial charge in [-0.1, -0.05) is 25.6 Å². The number of benzene rings is 1. The van der Waals surface area contributed by atoms with Gasteiger partial charge >= 0.3 is 6.61 Å². The number of fused-ring (bicyclic) bond motifs is 1. The van der Waals surface area contributed by atoms with Crippen LogP contribution in [0.1, 0.15) is 26.7 Å². The molecule has 2 aromatic rings. The molecule has 0 unspecified atom stereocenters. The lowest BCUT2D eigenvalue weighted by Crippen LogP contribution is -2.23. The van der Waals surface area contributed by atoms with Crippen LogP contribution in [0.4, 0.5) is 8.78 Å². The van der Waals surface area contributed by atoms with Gasteiger partial charge in [-0.15, -0.1) is 0 Å². The van der Waals surface area contributed by atoms with Crippen molar-refractivity contribution in [1.82, 2.24) is 9.55 Å². The van der Waals surface area contributed by atoms with E-state index >= 15 is 0 Å². The molecule has 0 N–H and O–H groups in total. The normalized spacial score (nSPS) is 11.3. The number of thioether (sulfide) groups is 1. The van der Waals surface area contributed by atoms with Crippen LogP contribution >= 0.6 is 11.8 Å². The SMILES string of the molecule is CCCSc1nc2ccc(OC(F)F)cc2c(=O)n1CCC. The van der Waals surface area contributed by atoms with Crippen LogP contribution in [0.25, 0.3) is 10.9 Å². The summed E-state index contributed by atoms with van der Waals surface area (Å²) >= 11 is 1.53. The first-order valence-electron chi connectivity index (χ1n) is 7.19. The Hall–Kier alpha value is -1.63. The average molecular weight is 328 g/mol. The fourth-order valence-corrected chi connectivity index (χ4v) is 2.96. The van der Waals surface area contributed by atoms with Gasteiger partial charge in [0.05, 0.1) is 10.9 Å². The van der Waals surface area contributed by atoms with Gasteiger partial charge in [0, 0.05) is 12.3 Å². The number of rotatable bonds is 7. The Morgan fingerprint density at radius 1 is 1.32 bits per heavy atom. The van der Waals surface area contributed by atoms with E-state index in [-0.39, 0.29) is 11.3 Å². The van der Waals surface area contributed by atoms with Gasteiger partial charge in [-0.2, -0.15) is 8.78 Å². The highest BCUT2D eigenvalue weighted by atomic mass is 32.2. The van der Waals surface area contributed by atoms with Gasteiger partial charge in [-0.3, -0.25) is 9.36 Å². The smallest absolute Gasteiger partial charge is 0.387 e. The van der Waals surface area contributed by atoms with Crippen molar-refractivity contribution in [3.8, 4) is 5.75 Å². The van der Waals surface area contributed by atoms with E-state index in [2.05, 4.69) is 16.6 Å². The van der Waals surface area contributed by atoms with E-state index in [1.54, 1.807) is 10.6 Å². The molecule has 4 nitrogen and oxygen atoms in total. The zero-order valence-electron chi connectivity index (χ0n) is 12.5. The minimum Gasteiger partial charge on any atom is -0.435 e. The Balaban J connectivity index is 2.54. The lowest BCUT2D eigenvalue weighted by atomic mass is 10.2. The second-order valence-electron chi connectivity index (χ2n) is 4.76. The van der Waals surface area contributed by atoms with Crippen molar-refractivity contribution < 1.29 is 13.5 Å². The van der Waals surface area contributed by atoms with E-state index in [0.29, 0.717) is 22.6 Å². The minimum atomic E-state index is -2.91. The van der Waals surface area contributed by atoms with Crippen molar-refractivity contribution in [2.75, 3.05) is 5.75 Å². The van der Waals surface area contributed by atoms with Gasteiger partial charge in [0.15, 0.2) is 5.16 Å². The number of ether oxygens (including phenoxy) is 1. The highest BCUT2D eigenvalue weighted by molar-refractivity contribution is 7.99. The van der Waals surface area contributed by atoms with Crippen molar-refractivity contribution in [2.24, 2.45) is 0 Å². The molecule has 0 aliphatic rings. The van der Waals surface area contributed by atoms with Gasteiger partial charge in [0.25, 0.3) is 5.56 Å². The Morgan fingerprint density at radius 3 is 2.73 bits per heavy atom. The molecule has 0 saturated carbocycles. The fraction of sp³-hybridized carbons (Fsp3) is 0.467. The number of nitrogens with zero attached hydrogens (tertiary/aromatic N) is 2. The first-order chi connectivity index (χ1) is 10.6. The first kappa shape index (κ1) is 16.7. The summed E-state index contributed by atoms with van der Waals surface area (Å²) < 4.78 is 30.6. The van der Waals surface area contributed by atoms with Crippen LogP contribution in [-0.4, -0.2) is 21.9 Å². The molecule has 0 spiro atoms. The maximum Gasteiger partial charge on any atom is 0.387 e. The molecule has 120 valence electrons. The number of hydrogen-bond acceptors (Lipinski definition) is 4. The molecule has 7 heteroatoms. The number of halogens is 2. The molecule has 1 aromatic heterocycles. The summed E-state index contributed by atoms with van der Waals surface area (Å²) in [6.07, 6.45) is 1.77. The van der Waals surface area contributed by atoms with Gasteiger partial charge < -0.3 is 4.74 Å². The maximum atomic E-state index is 12.6. The predicted octanol–water partition coefficient (Wildman–Crippen LogP) is 3.91. The number of aromatic nitrogens is 2. The molecule has 0 aliphatic heterocycles. The summed E-state index contributed by atoms with van der Waals surface area (Å²) in [5, 5.41) is 0.969. The molecule has 1 heterocycles. The Kier molecular flexibility index (Phi) is 5.76. The highest BCUT2D eigenvalue weighted by Crippen LogP contribution is 2.22. The lowest BCUT2D eigenvalue weighted by Gasteiger charge is -2.12. The van der Waals surface area contributed by atoms with Crippen LogP contribution in [0.15, 0.2) is 28.2 Å². The summed E-state index contributed by atoms with van der Waals surface area (Å²) in [5.41, 5.74) is 0.280. The summed E-state index contributed by atoms with van der Waals surface area (Å²) in [4.78, 5) is 17.1. The predicted molar refractivity (Wildman–Crippen MR) is 83.9 cm³/mol.